The normalized spacial score (nSPS) is 11.0. The molecule has 9 heteroatoms. The van der Waals surface area contributed by atoms with Crippen molar-refractivity contribution in [2.75, 3.05) is 13.1 Å². The summed E-state index contributed by atoms with van der Waals surface area (Å²) in [5, 5.41) is 4.87. The molecule has 0 saturated carbocycles. The van der Waals surface area contributed by atoms with Gasteiger partial charge in [0.05, 0.1) is 18.0 Å². The van der Waals surface area contributed by atoms with Gasteiger partial charge in [0, 0.05) is 6.54 Å². The van der Waals surface area contributed by atoms with Gasteiger partial charge in [-0.25, -0.2) is 17.5 Å². The Labute approximate surface area is 150 Å². The van der Waals surface area contributed by atoms with Gasteiger partial charge in [-0.3, -0.25) is 9.59 Å². The van der Waals surface area contributed by atoms with Crippen LogP contribution in [-0.2, 0) is 26.2 Å². The first-order chi connectivity index (χ1) is 12.4. The number of hydrogen-bond donors (Lipinski definition) is 3. The van der Waals surface area contributed by atoms with Gasteiger partial charge >= 0.3 is 0 Å². The Hall–Kier alpha value is -2.78. The van der Waals surface area contributed by atoms with Crippen LogP contribution in [0.15, 0.2) is 59.5 Å². The molecule has 2 amide bonds. The van der Waals surface area contributed by atoms with Gasteiger partial charge in [-0.15, -0.1) is 0 Å². The molecule has 0 unspecified atom stereocenters. The molecule has 0 aromatic heterocycles. The summed E-state index contributed by atoms with van der Waals surface area (Å²) in [5.41, 5.74) is 0.710. The highest BCUT2D eigenvalue weighted by molar-refractivity contribution is 7.89. The van der Waals surface area contributed by atoms with E-state index in [-0.39, 0.29) is 23.8 Å². The number of amides is 2. The minimum Gasteiger partial charge on any atom is -0.350 e. The van der Waals surface area contributed by atoms with Crippen LogP contribution in [-0.4, -0.2) is 33.3 Å². The lowest BCUT2D eigenvalue weighted by molar-refractivity contribution is -0.125. The highest BCUT2D eigenvalue weighted by Crippen LogP contribution is 2.06. The first kappa shape index (κ1) is 19.5. The van der Waals surface area contributed by atoms with Crippen molar-refractivity contribution in [1.82, 2.24) is 15.4 Å². The molecule has 0 aliphatic heterocycles. The standard InChI is InChI=1S/C17H18FN3O4S/c18-14-8-6-13(7-9-14)10-19-16(22)11-20-17(23)12-21-26(24,25)15-4-2-1-3-5-15/h1-9,21H,10-12H2,(H,19,22)(H,20,23). The summed E-state index contributed by atoms with van der Waals surface area (Å²) in [5.74, 6) is -1.46. The second-order valence-electron chi connectivity index (χ2n) is 5.32. The number of carbonyl (C=O) groups is 2. The lowest BCUT2D eigenvalue weighted by atomic mass is 10.2. The molecule has 3 N–H and O–H groups in total. The van der Waals surface area contributed by atoms with Gasteiger partial charge in [0.1, 0.15) is 5.82 Å². The molecule has 0 aliphatic carbocycles. The SMILES string of the molecule is O=C(CNC(=O)CNS(=O)(=O)c1ccccc1)NCc1ccc(F)cc1. The van der Waals surface area contributed by atoms with E-state index in [0.717, 1.165) is 0 Å². The maximum atomic E-state index is 12.8. The summed E-state index contributed by atoms with van der Waals surface area (Å²) in [6, 6.07) is 13.3. The van der Waals surface area contributed by atoms with E-state index in [1.807, 2.05) is 0 Å². The second-order valence-corrected chi connectivity index (χ2v) is 7.08. The second kappa shape index (κ2) is 9.07. The summed E-state index contributed by atoms with van der Waals surface area (Å²) in [4.78, 5) is 23.4. The number of rotatable bonds is 8. The van der Waals surface area contributed by atoms with Gasteiger partial charge in [-0.2, -0.15) is 0 Å². The predicted molar refractivity (Wildman–Crippen MR) is 92.9 cm³/mol. The molecule has 26 heavy (non-hydrogen) atoms. The van der Waals surface area contributed by atoms with Crippen molar-refractivity contribution in [2.45, 2.75) is 11.4 Å². The molecule has 0 saturated heterocycles. The van der Waals surface area contributed by atoms with Crippen LogP contribution in [0.2, 0.25) is 0 Å². The number of hydrogen-bond acceptors (Lipinski definition) is 4. The van der Waals surface area contributed by atoms with E-state index in [9.17, 15) is 22.4 Å². The summed E-state index contributed by atoms with van der Waals surface area (Å²) >= 11 is 0. The van der Waals surface area contributed by atoms with Crippen molar-refractivity contribution < 1.29 is 22.4 Å². The summed E-state index contributed by atoms with van der Waals surface area (Å²) in [6.45, 7) is -0.592. The van der Waals surface area contributed by atoms with Crippen LogP contribution in [0.1, 0.15) is 5.56 Å². The zero-order valence-corrected chi connectivity index (χ0v) is 14.6. The molecule has 138 valence electrons. The molecule has 0 aliphatic rings. The van der Waals surface area contributed by atoms with Gasteiger partial charge in [-0.1, -0.05) is 30.3 Å². The van der Waals surface area contributed by atoms with Crippen LogP contribution in [0.5, 0.6) is 0 Å². The van der Waals surface area contributed by atoms with Gasteiger partial charge in [0.15, 0.2) is 0 Å². The fourth-order valence-electron chi connectivity index (χ4n) is 1.95. The topological polar surface area (TPSA) is 104 Å². The molecule has 0 spiro atoms. The Bertz CT molecular complexity index is 855. The molecule has 0 bridgehead atoms. The van der Waals surface area contributed by atoms with Gasteiger partial charge in [-0.05, 0) is 29.8 Å². The van der Waals surface area contributed by atoms with Crippen molar-refractivity contribution in [3.05, 3.63) is 66.0 Å². The van der Waals surface area contributed by atoms with E-state index in [0.29, 0.717) is 5.56 Å². The quantitative estimate of drug-likeness (QED) is 0.623. The minimum atomic E-state index is -3.79. The van der Waals surface area contributed by atoms with E-state index < -0.39 is 28.4 Å². The highest BCUT2D eigenvalue weighted by Gasteiger charge is 2.15. The van der Waals surface area contributed by atoms with Crippen molar-refractivity contribution in [3.8, 4) is 0 Å². The molecular weight excluding hydrogens is 361 g/mol. The molecule has 0 fully saturated rings. The van der Waals surface area contributed by atoms with E-state index in [1.54, 1.807) is 18.2 Å². The van der Waals surface area contributed by atoms with Crippen LogP contribution in [0.3, 0.4) is 0 Å². The molecular formula is C17H18FN3O4S. The zero-order chi connectivity index (χ0) is 19.0. The number of benzene rings is 2. The monoisotopic (exact) mass is 379 g/mol. The van der Waals surface area contributed by atoms with Crippen molar-refractivity contribution in [3.63, 3.8) is 0 Å². The number of sulfonamides is 1. The summed E-state index contributed by atoms with van der Waals surface area (Å²) in [7, 11) is -3.79. The first-order valence-electron chi connectivity index (χ1n) is 7.69. The van der Waals surface area contributed by atoms with E-state index in [2.05, 4.69) is 15.4 Å². The number of halogens is 1. The largest absolute Gasteiger partial charge is 0.350 e. The molecule has 7 nitrogen and oxygen atoms in total. The smallest absolute Gasteiger partial charge is 0.241 e. The maximum absolute atomic E-state index is 12.8. The Kier molecular flexibility index (Phi) is 6.81. The summed E-state index contributed by atoms with van der Waals surface area (Å²) < 4.78 is 38.9. The van der Waals surface area contributed by atoms with E-state index in [4.69, 9.17) is 0 Å². The van der Waals surface area contributed by atoms with Crippen LogP contribution in [0.4, 0.5) is 4.39 Å². The third-order valence-corrected chi connectivity index (χ3v) is 4.74. The fourth-order valence-corrected chi connectivity index (χ4v) is 2.95. The average molecular weight is 379 g/mol. The number of carbonyl (C=O) groups excluding carboxylic acids is 2. The number of nitrogens with one attached hydrogen (secondary N) is 3. The van der Waals surface area contributed by atoms with Crippen LogP contribution < -0.4 is 15.4 Å². The molecule has 0 atom stereocenters. The van der Waals surface area contributed by atoms with Crippen molar-refractivity contribution >= 4 is 21.8 Å². The predicted octanol–water partition coefficient (Wildman–Crippen LogP) is 0.537. The molecule has 0 heterocycles. The molecule has 2 aromatic carbocycles. The Balaban J connectivity index is 1.71. The molecule has 2 rings (SSSR count). The molecule has 2 aromatic rings. The third kappa shape index (κ3) is 6.26. The Morgan fingerprint density at radius 3 is 2.12 bits per heavy atom. The van der Waals surface area contributed by atoms with Crippen molar-refractivity contribution in [2.24, 2.45) is 0 Å². The maximum Gasteiger partial charge on any atom is 0.241 e. The van der Waals surface area contributed by atoms with Crippen LogP contribution >= 0.6 is 0 Å². The zero-order valence-electron chi connectivity index (χ0n) is 13.7. The third-order valence-electron chi connectivity index (χ3n) is 3.33. The van der Waals surface area contributed by atoms with E-state index >= 15 is 0 Å². The molecule has 0 radical (unpaired) electrons. The van der Waals surface area contributed by atoms with Gasteiger partial charge < -0.3 is 10.6 Å². The Morgan fingerprint density at radius 1 is 0.846 bits per heavy atom. The average Bonchev–Trinajstić information content (AvgIpc) is 2.65. The van der Waals surface area contributed by atoms with Crippen LogP contribution in [0.25, 0.3) is 0 Å². The highest BCUT2D eigenvalue weighted by atomic mass is 32.2. The first-order valence-corrected chi connectivity index (χ1v) is 9.18. The fraction of sp³-hybridized carbons (Fsp3) is 0.176. The van der Waals surface area contributed by atoms with Crippen molar-refractivity contribution in [1.29, 1.82) is 0 Å². The lowest BCUT2D eigenvalue weighted by Gasteiger charge is -2.08. The summed E-state index contributed by atoms with van der Waals surface area (Å²) in [6.07, 6.45) is 0. The lowest BCUT2D eigenvalue weighted by Crippen LogP contribution is -2.41. The van der Waals surface area contributed by atoms with Gasteiger partial charge in [0.2, 0.25) is 21.8 Å². The van der Waals surface area contributed by atoms with Gasteiger partial charge in [0.25, 0.3) is 0 Å². The minimum absolute atomic E-state index is 0.0461. The Morgan fingerprint density at radius 2 is 1.46 bits per heavy atom. The van der Waals surface area contributed by atoms with E-state index in [1.165, 1.54) is 36.4 Å². The van der Waals surface area contributed by atoms with Crippen LogP contribution in [0, 0.1) is 5.82 Å².